The summed E-state index contributed by atoms with van der Waals surface area (Å²) in [5.41, 5.74) is 16.9. The van der Waals surface area contributed by atoms with Crippen LogP contribution in [0.2, 0.25) is 0 Å². The molecule has 2 heterocycles. The molecule has 0 fully saturated rings. The molecule has 2 nitrogen and oxygen atoms in total. The highest BCUT2D eigenvalue weighted by atomic mass is 32.1. The Morgan fingerprint density at radius 2 is 0.747 bits per heavy atom. The number of rotatable bonds is 8. The van der Waals surface area contributed by atoms with Crippen molar-refractivity contribution >= 4 is 119 Å². The fraction of sp³-hybridized carbons (Fsp3) is 0.0423. The van der Waals surface area contributed by atoms with Gasteiger partial charge >= 0.3 is 0 Å². The van der Waals surface area contributed by atoms with Crippen LogP contribution in [0.25, 0.3) is 95.3 Å². The summed E-state index contributed by atoms with van der Waals surface area (Å²) in [7, 11) is 0. The third kappa shape index (κ3) is 6.83. The van der Waals surface area contributed by atoms with Gasteiger partial charge < -0.3 is 9.80 Å². The predicted molar refractivity (Wildman–Crippen MR) is 325 cm³/mol. The lowest BCUT2D eigenvalue weighted by Crippen LogP contribution is -2.24. The van der Waals surface area contributed by atoms with Crippen LogP contribution in [0.5, 0.6) is 0 Å². The van der Waals surface area contributed by atoms with Gasteiger partial charge in [-0.25, -0.2) is 0 Å². The van der Waals surface area contributed by atoms with E-state index >= 15 is 0 Å². The molecule has 0 unspecified atom stereocenters. The molecule has 354 valence electrons. The Morgan fingerprint density at radius 3 is 1.29 bits per heavy atom. The van der Waals surface area contributed by atoms with Gasteiger partial charge in [-0.15, -0.1) is 22.7 Å². The molecule has 12 aromatic carbocycles. The number of hydrogen-bond acceptors (Lipinski definition) is 4. The quantitative estimate of drug-likeness (QED) is 0.140. The van der Waals surface area contributed by atoms with Gasteiger partial charge in [-0.2, -0.15) is 0 Å². The van der Waals surface area contributed by atoms with Crippen molar-refractivity contribution in [3.05, 3.63) is 266 Å². The predicted octanol–water partition coefficient (Wildman–Crippen LogP) is 21.3. The zero-order chi connectivity index (χ0) is 49.8. The molecule has 0 N–H and O–H groups in total. The van der Waals surface area contributed by atoms with E-state index in [1.54, 1.807) is 0 Å². The second-order valence-electron chi connectivity index (χ2n) is 20.4. The second kappa shape index (κ2) is 17.1. The summed E-state index contributed by atoms with van der Waals surface area (Å²) < 4.78 is 5.18. The first kappa shape index (κ1) is 43.8. The summed E-state index contributed by atoms with van der Waals surface area (Å²) in [4.78, 5) is 4.95. The Morgan fingerprint density at radius 1 is 0.293 bits per heavy atom. The fourth-order valence-electron chi connectivity index (χ4n) is 12.3. The Labute approximate surface area is 444 Å². The zero-order valence-corrected chi connectivity index (χ0v) is 43.1. The van der Waals surface area contributed by atoms with Gasteiger partial charge in [-0.1, -0.05) is 202 Å². The van der Waals surface area contributed by atoms with E-state index in [0.717, 1.165) is 22.7 Å². The van der Waals surface area contributed by atoms with Gasteiger partial charge in [0.2, 0.25) is 0 Å². The second-order valence-corrected chi connectivity index (χ2v) is 22.4. The molecular formula is C71H48N2S2. The van der Waals surface area contributed by atoms with Crippen molar-refractivity contribution in [2.45, 2.75) is 19.3 Å². The van der Waals surface area contributed by atoms with Crippen LogP contribution in [0.4, 0.5) is 34.1 Å². The molecule has 1 aliphatic carbocycles. The molecule has 4 heteroatoms. The average Bonchev–Trinajstić information content (AvgIpc) is 4.06. The zero-order valence-electron chi connectivity index (χ0n) is 41.5. The molecule has 0 spiro atoms. The number of thiophene rings is 2. The summed E-state index contributed by atoms with van der Waals surface area (Å²) in [5, 5.41) is 10.2. The lowest BCUT2D eigenvalue weighted by Gasteiger charge is -2.37. The standard InChI is InChI=1S/C71H48N2S2/c1-71(2)62-35-17-30-55-60-43-50(72(48-24-11-5-12-25-48)64-36-18-33-58-56-31-15-28-52(67(56)74-69(58)64)45-20-7-3-8-21-45)39-38-47(60)42-61(66(55)62)54-41-40-51(44-63(54)71)73(49-26-13-6-14-27-49)65-37-19-34-59-57-32-16-29-53(68(57)75-70(59)65)46-22-9-4-10-23-46/h3-44H,1-2H3. The highest BCUT2D eigenvalue weighted by molar-refractivity contribution is 7.27. The van der Waals surface area contributed by atoms with E-state index in [0.29, 0.717) is 0 Å². The van der Waals surface area contributed by atoms with Gasteiger partial charge in [0.25, 0.3) is 0 Å². The van der Waals surface area contributed by atoms with Crippen LogP contribution >= 0.6 is 22.7 Å². The van der Waals surface area contributed by atoms with Crippen molar-refractivity contribution in [2.24, 2.45) is 0 Å². The van der Waals surface area contributed by atoms with E-state index in [1.165, 1.54) is 118 Å². The maximum absolute atomic E-state index is 2.48. The van der Waals surface area contributed by atoms with Gasteiger partial charge in [-0.05, 0) is 133 Å². The molecule has 0 bridgehead atoms. The minimum Gasteiger partial charge on any atom is -0.309 e. The number of benzene rings is 12. The summed E-state index contributed by atoms with van der Waals surface area (Å²) >= 11 is 3.80. The number of para-hydroxylation sites is 2. The van der Waals surface area contributed by atoms with Gasteiger partial charge in [0.15, 0.2) is 0 Å². The number of hydrogen-bond donors (Lipinski definition) is 0. The first-order chi connectivity index (χ1) is 37.0. The van der Waals surface area contributed by atoms with E-state index in [4.69, 9.17) is 0 Å². The molecule has 75 heavy (non-hydrogen) atoms. The molecule has 0 saturated carbocycles. The normalized spacial score (nSPS) is 12.8. The molecule has 0 amide bonds. The molecule has 14 aromatic rings. The molecule has 2 aromatic heterocycles. The van der Waals surface area contributed by atoms with E-state index < -0.39 is 0 Å². The van der Waals surface area contributed by atoms with Gasteiger partial charge in [0.05, 0.1) is 20.8 Å². The van der Waals surface area contributed by atoms with Crippen LogP contribution in [0.1, 0.15) is 25.0 Å². The van der Waals surface area contributed by atoms with Gasteiger partial charge in [-0.3, -0.25) is 0 Å². The minimum atomic E-state index is -0.300. The van der Waals surface area contributed by atoms with Crippen molar-refractivity contribution in [3.8, 4) is 33.4 Å². The van der Waals surface area contributed by atoms with Crippen molar-refractivity contribution < 1.29 is 0 Å². The molecule has 0 aliphatic heterocycles. The van der Waals surface area contributed by atoms with Crippen LogP contribution in [-0.4, -0.2) is 0 Å². The first-order valence-corrected chi connectivity index (χ1v) is 27.5. The molecule has 1 aliphatic rings. The van der Waals surface area contributed by atoms with Crippen LogP contribution in [0.15, 0.2) is 255 Å². The minimum absolute atomic E-state index is 0.300. The van der Waals surface area contributed by atoms with E-state index in [2.05, 4.69) is 278 Å². The molecule has 15 rings (SSSR count). The monoisotopic (exact) mass is 992 g/mol. The topological polar surface area (TPSA) is 6.48 Å². The van der Waals surface area contributed by atoms with Crippen molar-refractivity contribution in [1.82, 2.24) is 0 Å². The lowest BCUT2D eigenvalue weighted by molar-refractivity contribution is 0.645. The summed E-state index contributed by atoms with van der Waals surface area (Å²) in [5.74, 6) is 0. The Hall–Kier alpha value is -8.80. The SMILES string of the molecule is CC1(C)c2cc(N(c3ccccc3)c3cccc4c3sc3c(-c5ccccc5)cccc34)ccc2-c2cc3ccc(N(c4ccccc4)c4cccc5c4sc4c(-c6ccccc6)cccc45)cc3c3cccc1c23. The maximum atomic E-state index is 2.48. The largest absolute Gasteiger partial charge is 0.309 e. The summed E-state index contributed by atoms with van der Waals surface area (Å²) in [6.07, 6.45) is 0. The fourth-order valence-corrected chi connectivity index (χ4v) is 15.0. The number of fused-ring (bicyclic) bond motifs is 10. The van der Waals surface area contributed by atoms with Crippen molar-refractivity contribution in [2.75, 3.05) is 9.80 Å². The number of nitrogens with zero attached hydrogens (tertiary/aromatic N) is 2. The first-order valence-electron chi connectivity index (χ1n) is 25.8. The van der Waals surface area contributed by atoms with Crippen LogP contribution in [0, 0.1) is 0 Å². The molecule has 0 atom stereocenters. The van der Waals surface area contributed by atoms with E-state index in [9.17, 15) is 0 Å². The molecule has 0 saturated heterocycles. The third-order valence-corrected chi connectivity index (χ3v) is 18.4. The Kier molecular flexibility index (Phi) is 10.0. The van der Waals surface area contributed by atoms with E-state index in [1.807, 2.05) is 22.7 Å². The Bertz CT molecular complexity index is 4560. The maximum Gasteiger partial charge on any atom is 0.0640 e. The van der Waals surface area contributed by atoms with Gasteiger partial charge in [0.1, 0.15) is 0 Å². The smallest absolute Gasteiger partial charge is 0.0640 e. The Balaban J connectivity index is 0.889. The summed E-state index contributed by atoms with van der Waals surface area (Å²) in [6.45, 7) is 4.84. The van der Waals surface area contributed by atoms with Crippen molar-refractivity contribution in [1.29, 1.82) is 0 Å². The highest BCUT2D eigenvalue weighted by Crippen LogP contribution is 2.54. The molecular weight excluding hydrogens is 945 g/mol. The van der Waals surface area contributed by atoms with Crippen molar-refractivity contribution in [3.63, 3.8) is 0 Å². The molecule has 0 radical (unpaired) electrons. The average molecular weight is 993 g/mol. The summed E-state index contributed by atoms with van der Waals surface area (Å²) in [6, 6.07) is 94.4. The van der Waals surface area contributed by atoms with Gasteiger partial charge in [0, 0.05) is 59.1 Å². The van der Waals surface area contributed by atoms with Crippen LogP contribution in [0.3, 0.4) is 0 Å². The van der Waals surface area contributed by atoms with Crippen LogP contribution in [-0.2, 0) is 5.41 Å². The van der Waals surface area contributed by atoms with E-state index in [-0.39, 0.29) is 5.41 Å². The highest BCUT2D eigenvalue weighted by Gasteiger charge is 2.35. The lowest BCUT2D eigenvalue weighted by atomic mass is 9.68. The van der Waals surface area contributed by atoms with Crippen LogP contribution < -0.4 is 9.80 Å². The number of anilines is 6. The third-order valence-electron chi connectivity index (χ3n) is 15.8.